The van der Waals surface area contributed by atoms with Crippen molar-refractivity contribution in [2.45, 2.75) is 63.3 Å². The number of carbonyl (C=O) groups is 2. The first-order valence-corrected chi connectivity index (χ1v) is 13.8. The predicted molar refractivity (Wildman–Crippen MR) is 125 cm³/mol. The van der Waals surface area contributed by atoms with E-state index in [4.69, 9.17) is 0 Å². The Bertz CT molecular complexity index is 1010. The average molecular weight is 474 g/mol. The Balaban J connectivity index is 1.23. The fourth-order valence-corrected chi connectivity index (χ4v) is 8.47. The molecule has 4 aliphatic carbocycles. The summed E-state index contributed by atoms with van der Waals surface area (Å²) >= 11 is 0. The number of benzene rings is 1. The van der Waals surface area contributed by atoms with E-state index in [9.17, 15) is 18.0 Å². The number of sulfonamides is 1. The van der Waals surface area contributed by atoms with Crippen LogP contribution in [0.3, 0.4) is 0 Å². The van der Waals surface area contributed by atoms with Gasteiger partial charge >= 0.3 is 0 Å². The zero-order chi connectivity index (χ0) is 23.4. The first-order chi connectivity index (χ1) is 15.6. The Morgan fingerprint density at radius 3 is 2.03 bits per heavy atom. The Labute approximate surface area is 196 Å². The largest absolute Gasteiger partial charge is 0.339 e. The lowest BCUT2D eigenvalue weighted by molar-refractivity contribution is -0.159. The topological polar surface area (TPSA) is 86.8 Å². The SMILES string of the molecule is CC(C)NS(=O)(=O)c1cccc(C(=O)N2CCN(C(=O)C34CC5CC(CC(C5)C3)C4)CC2)c1. The Kier molecular flexibility index (Phi) is 5.80. The minimum atomic E-state index is -3.66. The first kappa shape index (κ1) is 22.8. The number of amides is 2. The minimum Gasteiger partial charge on any atom is -0.339 e. The van der Waals surface area contributed by atoms with Crippen molar-refractivity contribution < 1.29 is 18.0 Å². The molecule has 6 rings (SSSR count). The van der Waals surface area contributed by atoms with Crippen molar-refractivity contribution in [2.75, 3.05) is 26.2 Å². The monoisotopic (exact) mass is 473 g/mol. The van der Waals surface area contributed by atoms with Gasteiger partial charge in [-0.2, -0.15) is 0 Å². The summed E-state index contributed by atoms with van der Waals surface area (Å²) in [7, 11) is -3.66. The summed E-state index contributed by atoms with van der Waals surface area (Å²) < 4.78 is 27.5. The van der Waals surface area contributed by atoms with Gasteiger partial charge in [0.15, 0.2) is 0 Å². The van der Waals surface area contributed by atoms with Crippen LogP contribution in [-0.2, 0) is 14.8 Å². The first-order valence-electron chi connectivity index (χ1n) is 12.4. The molecule has 1 N–H and O–H groups in total. The Morgan fingerprint density at radius 1 is 0.939 bits per heavy atom. The summed E-state index contributed by atoms with van der Waals surface area (Å²) in [6, 6.07) is 5.98. The van der Waals surface area contributed by atoms with Crippen molar-refractivity contribution in [3.63, 3.8) is 0 Å². The molecule has 1 heterocycles. The molecule has 2 amide bonds. The van der Waals surface area contributed by atoms with Crippen molar-refractivity contribution in [1.82, 2.24) is 14.5 Å². The molecule has 1 aromatic carbocycles. The van der Waals surface area contributed by atoms with Crippen LogP contribution < -0.4 is 4.72 Å². The lowest BCUT2D eigenvalue weighted by Gasteiger charge is -2.57. The van der Waals surface area contributed by atoms with E-state index < -0.39 is 10.0 Å². The zero-order valence-electron chi connectivity index (χ0n) is 19.6. The lowest BCUT2D eigenvalue weighted by Crippen LogP contribution is -2.58. The van der Waals surface area contributed by atoms with Gasteiger partial charge < -0.3 is 9.80 Å². The smallest absolute Gasteiger partial charge is 0.254 e. The molecule has 8 heteroatoms. The van der Waals surface area contributed by atoms with E-state index >= 15 is 0 Å². The second-order valence-corrected chi connectivity index (χ2v) is 12.8. The highest BCUT2D eigenvalue weighted by Crippen LogP contribution is 2.60. The number of hydrogen-bond acceptors (Lipinski definition) is 4. The van der Waals surface area contributed by atoms with Gasteiger partial charge in [0, 0.05) is 37.8 Å². The van der Waals surface area contributed by atoms with E-state index in [1.807, 2.05) is 4.90 Å². The molecule has 5 fully saturated rings. The number of carbonyl (C=O) groups excluding carboxylic acids is 2. The van der Waals surface area contributed by atoms with Crippen molar-refractivity contribution in [2.24, 2.45) is 23.2 Å². The molecule has 33 heavy (non-hydrogen) atoms. The van der Waals surface area contributed by atoms with Gasteiger partial charge in [0.05, 0.1) is 10.3 Å². The van der Waals surface area contributed by atoms with Crippen LogP contribution in [0.2, 0.25) is 0 Å². The highest BCUT2D eigenvalue weighted by atomic mass is 32.2. The highest BCUT2D eigenvalue weighted by molar-refractivity contribution is 7.89. The van der Waals surface area contributed by atoms with Crippen molar-refractivity contribution >= 4 is 21.8 Å². The molecule has 0 unspecified atom stereocenters. The summed E-state index contributed by atoms with van der Waals surface area (Å²) in [4.78, 5) is 30.5. The number of nitrogens with one attached hydrogen (secondary N) is 1. The quantitative estimate of drug-likeness (QED) is 0.712. The maximum atomic E-state index is 13.6. The Hall–Kier alpha value is -1.93. The molecule has 7 nitrogen and oxygen atoms in total. The molecule has 0 radical (unpaired) electrons. The summed E-state index contributed by atoms with van der Waals surface area (Å²) in [5.74, 6) is 2.34. The van der Waals surface area contributed by atoms with E-state index in [2.05, 4.69) is 4.72 Å². The van der Waals surface area contributed by atoms with Crippen molar-refractivity contribution in [3.8, 4) is 0 Å². The van der Waals surface area contributed by atoms with E-state index in [-0.39, 0.29) is 22.3 Å². The van der Waals surface area contributed by atoms with Gasteiger partial charge in [0.2, 0.25) is 15.9 Å². The number of piperazine rings is 1. The van der Waals surface area contributed by atoms with E-state index in [0.717, 1.165) is 37.0 Å². The minimum absolute atomic E-state index is 0.0951. The van der Waals surface area contributed by atoms with Crippen LogP contribution in [0.5, 0.6) is 0 Å². The molecule has 0 aromatic heterocycles. The molecule has 1 saturated heterocycles. The van der Waals surface area contributed by atoms with Crippen molar-refractivity contribution in [3.05, 3.63) is 29.8 Å². The number of rotatable bonds is 5. The standard InChI is InChI=1S/C25H35N3O4S/c1-17(2)26-33(31,32)22-5-3-4-21(13-22)23(29)27-6-8-28(9-7-27)24(30)25-14-18-10-19(15-25)12-20(11-18)16-25/h3-5,13,17-20,26H,6-12,14-16H2,1-2H3. The molecule has 5 aliphatic rings. The molecular formula is C25H35N3O4S. The van der Waals surface area contributed by atoms with Gasteiger partial charge in [-0.25, -0.2) is 13.1 Å². The fourth-order valence-electron chi connectivity index (χ4n) is 7.18. The number of nitrogens with zero attached hydrogens (tertiary/aromatic N) is 2. The van der Waals surface area contributed by atoms with Gasteiger partial charge in [0.1, 0.15) is 0 Å². The van der Waals surface area contributed by atoms with Gasteiger partial charge in [-0.1, -0.05) is 6.07 Å². The van der Waals surface area contributed by atoms with Gasteiger partial charge in [0.25, 0.3) is 5.91 Å². The molecule has 1 aliphatic heterocycles. The third-order valence-corrected chi connectivity index (χ3v) is 9.78. The normalized spacial score (nSPS) is 31.3. The maximum Gasteiger partial charge on any atom is 0.254 e. The van der Waals surface area contributed by atoms with Gasteiger partial charge in [-0.3, -0.25) is 9.59 Å². The molecular weight excluding hydrogens is 438 g/mol. The lowest BCUT2D eigenvalue weighted by atomic mass is 9.49. The average Bonchev–Trinajstić information content (AvgIpc) is 2.76. The van der Waals surface area contributed by atoms with Crippen LogP contribution in [0, 0.1) is 23.2 Å². The summed E-state index contributed by atoms with van der Waals surface area (Å²) in [5.41, 5.74) is 0.218. The second kappa shape index (κ2) is 8.38. The highest BCUT2D eigenvalue weighted by Gasteiger charge is 2.55. The molecule has 4 saturated carbocycles. The van der Waals surface area contributed by atoms with Crippen LogP contribution in [0.15, 0.2) is 29.2 Å². The Morgan fingerprint density at radius 2 is 1.48 bits per heavy atom. The predicted octanol–water partition coefficient (Wildman–Crippen LogP) is 2.87. The van der Waals surface area contributed by atoms with Crippen LogP contribution in [-0.4, -0.2) is 62.3 Å². The maximum absolute atomic E-state index is 13.6. The molecule has 0 spiro atoms. The zero-order valence-corrected chi connectivity index (χ0v) is 20.4. The van der Waals surface area contributed by atoms with Crippen LogP contribution in [0.25, 0.3) is 0 Å². The molecule has 4 bridgehead atoms. The molecule has 1 aromatic rings. The third-order valence-electron chi connectivity index (χ3n) is 8.13. The summed E-state index contributed by atoms with van der Waals surface area (Å²) in [6.45, 7) is 5.60. The fraction of sp³-hybridized carbons (Fsp3) is 0.680. The second-order valence-electron chi connectivity index (χ2n) is 11.1. The molecule has 180 valence electrons. The van der Waals surface area contributed by atoms with Crippen LogP contribution >= 0.6 is 0 Å². The van der Waals surface area contributed by atoms with Crippen LogP contribution in [0.1, 0.15) is 62.7 Å². The summed E-state index contributed by atoms with van der Waals surface area (Å²) in [5, 5.41) is 0. The number of hydrogen-bond donors (Lipinski definition) is 1. The van der Waals surface area contributed by atoms with Gasteiger partial charge in [-0.15, -0.1) is 0 Å². The van der Waals surface area contributed by atoms with Gasteiger partial charge in [-0.05, 0) is 88.3 Å². The van der Waals surface area contributed by atoms with E-state index in [0.29, 0.717) is 37.6 Å². The summed E-state index contributed by atoms with van der Waals surface area (Å²) in [6.07, 6.45) is 7.12. The molecule has 0 atom stereocenters. The van der Waals surface area contributed by atoms with Crippen molar-refractivity contribution in [1.29, 1.82) is 0 Å². The third kappa shape index (κ3) is 4.32. The van der Waals surface area contributed by atoms with E-state index in [1.54, 1.807) is 30.9 Å². The van der Waals surface area contributed by atoms with E-state index in [1.165, 1.54) is 31.4 Å². The van der Waals surface area contributed by atoms with Crippen LogP contribution in [0.4, 0.5) is 0 Å².